The summed E-state index contributed by atoms with van der Waals surface area (Å²) in [5, 5.41) is 2.86. The lowest BCUT2D eigenvalue weighted by molar-refractivity contribution is -0.139. The van der Waals surface area contributed by atoms with E-state index in [1.54, 1.807) is 17.3 Å². The van der Waals surface area contributed by atoms with Gasteiger partial charge in [-0.15, -0.1) is 0 Å². The molecule has 2 heterocycles. The van der Waals surface area contributed by atoms with Crippen LogP contribution in [0.15, 0.2) is 12.4 Å². The highest BCUT2D eigenvalue weighted by atomic mass is 16.2. The fourth-order valence-electron chi connectivity index (χ4n) is 2.81. The zero-order chi connectivity index (χ0) is 16.3. The molecule has 0 aliphatic carbocycles. The first kappa shape index (κ1) is 16.5. The van der Waals surface area contributed by atoms with Gasteiger partial charge in [0.1, 0.15) is 18.4 Å². The number of aromatic nitrogens is 2. The summed E-state index contributed by atoms with van der Waals surface area (Å²) in [6.45, 7) is 6.41. The van der Waals surface area contributed by atoms with Gasteiger partial charge in [0.2, 0.25) is 11.8 Å². The molecule has 1 fully saturated rings. The van der Waals surface area contributed by atoms with Crippen LogP contribution in [-0.2, 0) is 22.6 Å². The van der Waals surface area contributed by atoms with E-state index in [0.29, 0.717) is 13.0 Å². The zero-order valence-electron chi connectivity index (χ0n) is 13.5. The van der Waals surface area contributed by atoms with Crippen molar-refractivity contribution in [3.63, 3.8) is 0 Å². The normalized spacial score (nSPS) is 21.4. The molecule has 3 N–H and O–H groups in total. The molecular weight excluding hydrogens is 282 g/mol. The minimum absolute atomic E-state index is 0.0432. The average Bonchev–Trinajstić information content (AvgIpc) is 3.04. The first-order valence-corrected chi connectivity index (χ1v) is 7.77. The molecule has 1 saturated heterocycles. The maximum Gasteiger partial charge on any atom is 0.243 e. The van der Waals surface area contributed by atoms with Crippen molar-refractivity contribution in [2.24, 2.45) is 5.73 Å². The molecular formula is C15H25N5O2. The van der Waals surface area contributed by atoms with Gasteiger partial charge in [-0.2, -0.15) is 0 Å². The Morgan fingerprint density at radius 2 is 2.23 bits per heavy atom. The Labute approximate surface area is 130 Å². The van der Waals surface area contributed by atoms with Crippen LogP contribution in [0.2, 0.25) is 0 Å². The van der Waals surface area contributed by atoms with Crippen LogP contribution >= 0.6 is 0 Å². The number of rotatable bonds is 5. The van der Waals surface area contributed by atoms with Crippen molar-refractivity contribution in [2.75, 3.05) is 6.54 Å². The Morgan fingerprint density at radius 3 is 2.86 bits per heavy atom. The minimum atomic E-state index is -0.474. The van der Waals surface area contributed by atoms with Gasteiger partial charge in [-0.1, -0.05) is 6.92 Å². The highest BCUT2D eigenvalue weighted by Gasteiger charge is 2.38. The van der Waals surface area contributed by atoms with Crippen LogP contribution in [0.5, 0.6) is 0 Å². The molecule has 122 valence electrons. The third-order valence-corrected chi connectivity index (χ3v) is 3.81. The Bertz CT molecular complexity index is 540. The molecule has 0 bridgehead atoms. The third-order valence-electron chi connectivity index (χ3n) is 3.81. The first-order valence-electron chi connectivity index (χ1n) is 7.77. The van der Waals surface area contributed by atoms with Crippen molar-refractivity contribution in [2.45, 2.75) is 58.3 Å². The Balaban J connectivity index is 2.07. The molecule has 2 amide bonds. The number of nitrogens with two attached hydrogens (primary N) is 1. The van der Waals surface area contributed by atoms with Gasteiger partial charge in [-0.05, 0) is 20.3 Å². The van der Waals surface area contributed by atoms with Gasteiger partial charge in [0, 0.05) is 37.4 Å². The predicted molar refractivity (Wildman–Crippen MR) is 83.0 cm³/mol. The maximum atomic E-state index is 12.6. The second kappa shape index (κ2) is 6.91. The summed E-state index contributed by atoms with van der Waals surface area (Å²) in [6.07, 6.45) is 4.74. The average molecular weight is 307 g/mol. The SMILES string of the molecule is CCc1nccn1CC(=O)N1C[C@H](N)C[C@H]1C(=O)NC(C)C. The van der Waals surface area contributed by atoms with Gasteiger partial charge < -0.3 is 20.5 Å². The fraction of sp³-hybridized carbons (Fsp3) is 0.667. The van der Waals surface area contributed by atoms with E-state index in [1.807, 2.05) is 25.3 Å². The van der Waals surface area contributed by atoms with E-state index in [-0.39, 0.29) is 30.4 Å². The molecule has 0 radical (unpaired) electrons. The highest BCUT2D eigenvalue weighted by Crippen LogP contribution is 2.18. The summed E-state index contributed by atoms with van der Waals surface area (Å²) < 4.78 is 1.82. The molecule has 0 saturated carbocycles. The topological polar surface area (TPSA) is 93.2 Å². The van der Waals surface area contributed by atoms with E-state index in [2.05, 4.69) is 10.3 Å². The summed E-state index contributed by atoms with van der Waals surface area (Å²) in [4.78, 5) is 30.6. The monoisotopic (exact) mass is 307 g/mol. The van der Waals surface area contributed by atoms with E-state index in [0.717, 1.165) is 12.2 Å². The number of carbonyl (C=O) groups excluding carboxylic acids is 2. The largest absolute Gasteiger partial charge is 0.352 e. The van der Waals surface area contributed by atoms with Crippen molar-refractivity contribution >= 4 is 11.8 Å². The summed E-state index contributed by atoms with van der Waals surface area (Å²) in [6, 6.07) is -0.583. The fourth-order valence-corrected chi connectivity index (χ4v) is 2.81. The number of carbonyl (C=O) groups is 2. The molecule has 0 aromatic carbocycles. The van der Waals surface area contributed by atoms with Crippen molar-refractivity contribution in [1.29, 1.82) is 0 Å². The number of hydrogen-bond acceptors (Lipinski definition) is 4. The number of hydrogen-bond donors (Lipinski definition) is 2. The maximum absolute atomic E-state index is 12.6. The predicted octanol–water partition coefficient (Wildman–Crippen LogP) is -0.102. The Morgan fingerprint density at radius 1 is 1.50 bits per heavy atom. The minimum Gasteiger partial charge on any atom is -0.352 e. The van der Waals surface area contributed by atoms with Gasteiger partial charge in [-0.25, -0.2) is 4.98 Å². The van der Waals surface area contributed by atoms with Crippen molar-refractivity contribution in [3.8, 4) is 0 Å². The Hall–Kier alpha value is -1.89. The highest BCUT2D eigenvalue weighted by molar-refractivity contribution is 5.88. The lowest BCUT2D eigenvalue weighted by atomic mass is 10.1. The molecule has 22 heavy (non-hydrogen) atoms. The molecule has 2 rings (SSSR count). The molecule has 7 nitrogen and oxygen atoms in total. The number of aryl methyl sites for hydroxylation is 1. The molecule has 1 aromatic heterocycles. The van der Waals surface area contributed by atoms with Crippen LogP contribution in [0.25, 0.3) is 0 Å². The molecule has 0 spiro atoms. The summed E-state index contributed by atoms with van der Waals surface area (Å²) >= 11 is 0. The van der Waals surface area contributed by atoms with Crippen LogP contribution in [0, 0.1) is 0 Å². The van der Waals surface area contributed by atoms with Crippen LogP contribution < -0.4 is 11.1 Å². The number of nitrogens with zero attached hydrogens (tertiary/aromatic N) is 3. The van der Waals surface area contributed by atoms with Gasteiger partial charge in [0.05, 0.1) is 0 Å². The standard InChI is InChI=1S/C15H25N5O2/c1-4-13-17-5-6-19(13)9-14(21)20-8-11(16)7-12(20)15(22)18-10(2)3/h5-6,10-12H,4,7-9,16H2,1-3H3,(H,18,22)/t11-,12+/m1/s1. The lowest BCUT2D eigenvalue weighted by Crippen LogP contribution is -2.48. The number of likely N-dealkylation sites (tertiary alicyclic amines) is 1. The van der Waals surface area contributed by atoms with Gasteiger partial charge in [-0.3, -0.25) is 9.59 Å². The van der Waals surface area contributed by atoms with E-state index < -0.39 is 6.04 Å². The van der Waals surface area contributed by atoms with Crippen molar-refractivity contribution < 1.29 is 9.59 Å². The number of amides is 2. The van der Waals surface area contributed by atoms with Crippen molar-refractivity contribution in [3.05, 3.63) is 18.2 Å². The van der Waals surface area contributed by atoms with Gasteiger partial charge in [0.25, 0.3) is 0 Å². The van der Waals surface area contributed by atoms with Crippen LogP contribution in [0.3, 0.4) is 0 Å². The van der Waals surface area contributed by atoms with Crippen molar-refractivity contribution in [1.82, 2.24) is 19.8 Å². The van der Waals surface area contributed by atoms with Crippen LogP contribution in [0.1, 0.15) is 33.0 Å². The molecule has 1 aliphatic heterocycles. The first-order chi connectivity index (χ1) is 10.4. The summed E-state index contributed by atoms with van der Waals surface area (Å²) in [5.74, 6) is 0.641. The molecule has 7 heteroatoms. The molecule has 0 unspecified atom stereocenters. The van der Waals surface area contributed by atoms with Gasteiger partial charge in [0.15, 0.2) is 0 Å². The lowest BCUT2D eigenvalue weighted by Gasteiger charge is -2.25. The van der Waals surface area contributed by atoms with E-state index in [4.69, 9.17) is 5.73 Å². The van der Waals surface area contributed by atoms with Gasteiger partial charge >= 0.3 is 0 Å². The number of imidazole rings is 1. The molecule has 1 aliphatic rings. The Kier molecular flexibility index (Phi) is 5.18. The smallest absolute Gasteiger partial charge is 0.243 e. The second-order valence-corrected chi connectivity index (χ2v) is 6.05. The second-order valence-electron chi connectivity index (χ2n) is 6.05. The number of nitrogens with one attached hydrogen (secondary N) is 1. The van der Waals surface area contributed by atoms with Crippen LogP contribution in [-0.4, -0.2) is 50.9 Å². The molecule has 2 atom stereocenters. The van der Waals surface area contributed by atoms with E-state index >= 15 is 0 Å². The summed E-state index contributed by atoms with van der Waals surface area (Å²) in [7, 11) is 0. The molecule has 1 aromatic rings. The third kappa shape index (κ3) is 3.65. The zero-order valence-corrected chi connectivity index (χ0v) is 13.5. The van der Waals surface area contributed by atoms with E-state index in [9.17, 15) is 9.59 Å². The van der Waals surface area contributed by atoms with E-state index in [1.165, 1.54) is 0 Å². The van der Waals surface area contributed by atoms with Crippen LogP contribution in [0.4, 0.5) is 0 Å². The summed E-state index contributed by atoms with van der Waals surface area (Å²) in [5.41, 5.74) is 5.96. The quantitative estimate of drug-likeness (QED) is 0.794.